The van der Waals surface area contributed by atoms with Crippen LogP contribution in [0.2, 0.25) is 0 Å². The third-order valence-corrected chi connectivity index (χ3v) is 1.37. The zero-order valence-electron chi connectivity index (χ0n) is 5.32. The van der Waals surface area contributed by atoms with Crippen molar-refractivity contribution in [3.8, 4) is 5.75 Å². The molecule has 1 aromatic rings. The molecule has 0 N–H and O–H groups in total. The van der Waals surface area contributed by atoms with Crippen molar-refractivity contribution in [2.24, 2.45) is 4.99 Å². The van der Waals surface area contributed by atoms with E-state index in [0.29, 0.717) is 0 Å². The molecule has 0 amide bonds. The Kier molecular flexibility index (Phi) is 1.17. The molecule has 1 aliphatic rings. The lowest BCUT2D eigenvalue weighted by atomic mass is 10.2. The molecule has 1 radical (unpaired) electrons. The average molecular weight is 132 g/mol. The van der Waals surface area contributed by atoms with Crippen LogP contribution in [0.5, 0.6) is 5.75 Å². The minimum Gasteiger partial charge on any atom is -0.446 e. The number of nitrogens with zero attached hydrogens (tertiary/aromatic N) is 1. The number of benzene rings is 1. The van der Waals surface area contributed by atoms with Gasteiger partial charge in [0.1, 0.15) is 12.3 Å². The van der Waals surface area contributed by atoms with Crippen LogP contribution in [0.25, 0.3) is 0 Å². The molecule has 0 aliphatic carbocycles. The van der Waals surface area contributed by atoms with Crippen LogP contribution < -0.4 is 4.74 Å². The van der Waals surface area contributed by atoms with Gasteiger partial charge in [0, 0.05) is 5.56 Å². The van der Waals surface area contributed by atoms with Crippen LogP contribution in [0, 0.1) is 6.54 Å². The molecule has 0 spiro atoms. The Morgan fingerprint density at radius 1 is 1.20 bits per heavy atom. The zero-order chi connectivity index (χ0) is 6.81. The summed E-state index contributed by atoms with van der Waals surface area (Å²) in [4.78, 5) is 3.85. The average Bonchev–Trinajstić information content (AvgIpc) is 2.05. The van der Waals surface area contributed by atoms with Crippen molar-refractivity contribution < 1.29 is 4.74 Å². The number of hydrogen-bond donors (Lipinski definition) is 0. The summed E-state index contributed by atoms with van der Waals surface area (Å²) in [6.45, 7) is 1.78. The summed E-state index contributed by atoms with van der Waals surface area (Å²) in [5.74, 6) is 0.873. The Morgan fingerprint density at radius 2 is 2.10 bits per heavy atom. The molecule has 0 saturated heterocycles. The molecule has 2 heteroatoms. The fourth-order valence-electron chi connectivity index (χ4n) is 0.892. The number of aliphatic imine (C=N–C) groups is 1. The lowest BCUT2D eigenvalue weighted by Crippen LogP contribution is -1.98. The first-order valence-electron chi connectivity index (χ1n) is 3.07. The molecule has 1 heterocycles. The molecule has 1 aromatic carbocycles. The van der Waals surface area contributed by atoms with E-state index in [4.69, 9.17) is 4.74 Å². The smallest absolute Gasteiger partial charge is 0.177 e. The molecule has 1 aliphatic heterocycles. The van der Waals surface area contributed by atoms with E-state index in [1.165, 1.54) is 6.40 Å². The quantitative estimate of drug-likeness (QED) is 0.525. The second-order valence-electron chi connectivity index (χ2n) is 2.04. The molecular formula is C8H6NO. The van der Waals surface area contributed by atoms with E-state index < -0.39 is 0 Å². The molecular weight excluding hydrogens is 126 g/mol. The number of ether oxygens (including phenoxy) is 1. The molecule has 10 heavy (non-hydrogen) atoms. The summed E-state index contributed by atoms with van der Waals surface area (Å²) in [7, 11) is 0. The van der Waals surface area contributed by atoms with Crippen molar-refractivity contribution in [1.82, 2.24) is 0 Å². The van der Waals surface area contributed by atoms with Crippen molar-refractivity contribution in [3.63, 3.8) is 0 Å². The van der Waals surface area contributed by atoms with Gasteiger partial charge in [-0.1, -0.05) is 18.2 Å². The summed E-state index contributed by atoms with van der Waals surface area (Å²) in [6, 6.07) is 7.77. The van der Waals surface area contributed by atoms with Crippen molar-refractivity contribution in [2.45, 2.75) is 0 Å². The van der Waals surface area contributed by atoms with Gasteiger partial charge in [-0.15, -0.1) is 0 Å². The third kappa shape index (κ3) is 0.778. The Bertz CT molecular complexity index is 241. The predicted molar refractivity (Wildman–Crippen MR) is 39.0 cm³/mol. The highest BCUT2D eigenvalue weighted by Gasteiger charge is 2.03. The van der Waals surface area contributed by atoms with Gasteiger partial charge in [0.2, 0.25) is 0 Å². The van der Waals surface area contributed by atoms with Gasteiger partial charge in [-0.05, 0) is 6.07 Å². The maximum atomic E-state index is 5.10. The molecule has 0 saturated carbocycles. The summed E-state index contributed by atoms with van der Waals surface area (Å²) in [6.07, 6.45) is 1.43. The minimum atomic E-state index is 0.873. The molecule has 49 valence electrons. The lowest BCUT2D eigenvalue weighted by molar-refractivity contribution is 0.560. The Hall–Kier alpha value is -1.31. The topological polar surface area (TPSA) is 21.6 Å². The molecule has 0 atom stereocenters. The van der Waals surface area contributed by atoms with Gasteiger partial charge in [0.25, 0.3) is 0 Å². The van der Waals surface area contributed by atoms with Crippen molar-refractivity contribution in [3.05, 3.63) is 36.4 Å². The van der Waals surface area contributed by atoms with E-state index in [-0.39, 0.29) is 0 Å². The largest absolute Gasteiger partial charge is 0.446 e. The van der Waals surface area contributed by atoms with Crippen molar-refractivity contribution >= 4 is 6.40 Å². The van der Waals surface area contributed by atoms with Gasteiger partial charge in [0.05, 0.1) is 0 Å². The number of hydrogen-bond acceptors (Lipinski definition) is 2. The van der Waals surface area contributed by atoms with Gasteiger partial charge in [-0.3, -0.25) is 0 Å². The van der Waals surface area contributed by atoms with Crippen LogP contribution in [0.15, 0.2) is 29.3 Å². The summed E-state index contributed by atoms with van der Waals surface area (Å²) in [5, 5.41) is 0. The molecule has 2 rings (SSSR count). The summed E-state index contributed by atoms with van der Waals surface area (Å²) >= 11 is 0. The van der Waals surface area contributed by atoms with Gasteiger partial charge < -0.3 is 4.74 Å². The third-order valence-electron chi connectivity index (χ3n) is 1.37. The van der Waals surface area contributed by atoms with Crippen LogP contribution in [0.4, 0.5) is 0 Å². The lowest BCUT2D eigenvalue weighted by Gasteiger charge is -2.08. The van der Waals surface area contributed by atoms with Crippen LogP contribution in [0.3, 0.4) is 0 Å². The highest BCUT2D eigenvalue weighted by atomic mass is 16.5. The Labute approximate surface area is 59.2 Å². The molecule has 2 nitrogen and oxygen atoms in total. The minimum absolute atomic E-state index is 0.873. The summed E-state index contributed by atoms with van der Waals surface area (Å²) in [5.41, 5.74) is 1.03. The molecule has 0 bridgehead atoms. The molecule has 0 aromatic heterocycles. The number of para-hydroxylation sites is 1. The molecule has 0 unspecified atom stereocenters. The van der Waals surface area contributed by atoms with Crippen molar-refractivity contribution in [1.29, 1.82) is 0 Å². The predicted octanol–water partition coefficient (Wildman–Crippen LogP) is 1.62. The standard InChI is InChI=1S/C8H6NO/c1-2-4-8-7(3-1)5-9-6-10-8/h1-6H. The van der Waals surface area contributed by atoms with Crippen LogP contribution >= 0.6 is 0 Å². The first-order valence-corrected chi connectivity index (χ1v) is 3.07. The maximum Gasteiger partial charge on any atom is 0.177 e. The number of fused-ring (bicyclic) bond motifs is 1. The highest BCUT2D eigenvalue weighted by Crippen LogP contribution is 2.21. The van der Waals surface area contributed by atoms with E-state index in [1.54, 1.807) is 6.54 Å². The van der Waals surface area contributed by atoms with E-state index >= 15 is 0 Å². The van der Waals surface area contributed by atoms with Gasteiger partial charge >= 0.3 is 0 Å². The highest BCUT2D eigenvalue weighted by molar-refractivity contribution is 5.59. The fraction of sp³-hybridized carbons (Fsp3) is 0. The van der Waals surface area contributed by atoms with Gasteiger partial charge in [-0.2, -0.15) is 0 Å². The maximum absolute atomic E-state index is 5.10. The van der Waals surface area contributed by atoms with E-state index in [9.17, 15) is 0 Å². The summed E-state index contributed by atoms with van der Waals surface area (Å²) < 4.78 is 5.10. The van der Waals surface area contributed by atoms with Gasteiger partial charge in [0.15, 0.2) is 6.40 Å². The van der Waals surface area contributed by atoms with E-state index in [2.05, 4.69) is 4.99 Å². The first-order chi connectivity index (χ1) is 4.97. The van der Waals surface area contributed by atoms with Crippen molar-refractivity contribution in [2.75, 3.05) is 0 Å². The molecule has 0 fully saturated rings. The Morgan fingerprint density at radius 3 is 3.00 bits per heavy atom. The Balaban J connectivity index is 2.47. The second-order valence-corrected chi connectivity index (χ2v) is 2.04. The van der Waals surface area contributed by atoms with E-state index in [1.807, 2.05) is 24.3 Å². The van der Waals surface area contributed by atoms with E-state index in [0.717, 1.165) is 11.3 Å². The fourth-order valence-corrected chi connectivity index (χ4v) is 0.892. The number of rotatable bonds is 0. The second kappa shape index (κ2) is 2.14. The van der Waals surface area contributed by atoms with Crippen LogP contribution in [-0.4, -0.2) is 6.40 Å². The van der Waals surface area contributed by atoms with Crippen LogP contribution in [-0.2, 0) is 0 Å². The van der Waals surface area contributed by atoms with Crippen LogP contribution in [0.1, 0.15) is 5.56 Å². The normalized spacial score (nSPS) is 14.0. The zero-order valence-corrected chi connectivity index (χ0v) is 5.32. The SMILES string of the molecule is [CH]1N=COc2ccccc21. The first kappa shape index (κ1) is 5.47. The van der Waals surface area contributed by atoms with Gasteiger partial charge in [-0.25, -0.2) is 4.99 Å². The monoisotopic (exact) mass is 132 g/mol.